The maximum Gasteiger partial charge on any atom is 0.182 e. The van der Waals surface area contributed by atoms with Gasteiger partial charge in [-0.05, 0) is 48.5 Å². The van der Waals surface area contributed by atoms with Crippen molar-refractivity contribution in [2.75, 3.05) is 5.84 Å². The Balaban J connectivity index is 0.00000161. The van der Waals surface area contributed by atoms with Gasteiger partial charge in [0.15, 0.2) is 11.6 Å². The van der Waals surface area contributed by atoms with Gasteiger partial charge in [0, 0.05) is 11.1 Å². The smallest absolute Gasteiger partial charge is 0.182 e. The SMILES string of the molecule is Nn1c(-c2ccc(O)cc2)nnc1-c1ccc(O)cc1.O. The highest BCUT2D eigenvalue weighted by Crippen LogP contribution is 2.24. The minimum Gasteiger partial charge on any atom is -0.508 e. The summed E-state index contributed by atoms with van der Waals surface area (Å²) >= 11 is 0. The molecular formula is C14H14N4O3. The first-order chi connectivity index (χ1) is 9.65. The lowest BCUT2D eigenvalue weighted by Gasteiger charge is -2.04. The molecule has 108 valence electrons. The van der Waals surface area contributed by atoms with E-state index < -0.39 is 0 Å². The van der Waals surface area contributed by atoms with Crippen LogP contribution >= 0.6 is 0 Å². The molecule has 0 unspecified atom stereocenters. The van der Waals surface area contributed by atoms with Crippen LogP contribution in [0.15, 0.2) is 48.5 Å². The van der Waals surface area contributed by atoms with Crippen LogP contribution in [0, 0.1) is 0 Å². The van der Waals surface area contributed by atoms with Gasteiger partial charge in [0.2, 0.25) is 0 Å². The normalized spacial score (nSPS) is 10.1. The van der Waals surface area contributed by atoms with E-state index in [4.69, 9.17) is 5.84 Å². The molecule has 0 bridgehead atoms. The first kappa shape index (κ1) is 14.4. The molecule has 3 aromatic rings. The number of hydrogen-bond acceptors (Lipinski definition) is 5. The van der Waals surface area contributed by atoms with Crippen molar-refractivity contribution in [2.45, 2.75) is 0 Å². The van der Waals surface area contributed by atoms with Crippen molar-refractivity contribution in [1.82, 2.24) is 14.9 Å². The van der Waals surface area contributed by atoms with Gasteiger partial charge in [-0.2, -0.15) is 0 Å². The molecule has 6 N–H and O–H groups in total. The van der Waals surface area contributed by atoms with Crippen LogP contribution in [0.3, 0.4) is 0 Å². The molecular weight excluding hydrogens is 272 g/mol. The van der Waals surface area contributed by atoms with Crippen LogP contribution < -0.4 is 5.84 Å². The van der Waals surface area contributed by atoms with Crippen LogP contribution in [0.25, 0.3) is 22.8 Å². The van der Waals surface area contributed by atoms with Gasteiger partial charge in [-0.1, -0.05) is 0 Å². The Morgan fingerprint density at radius 3 is 1.38 bits per heavy atom. The number of rotatable bonds is 2. The Morgan fingerprint density at radius 2 is 1.05 bits per heavy atom. The highest BCUT2D eigenvalue weighted by Gasteiger charge is 2.13. The molecule has 0 aliphatic rings. The zero-order valence-electron chi connectivity index (χ0n) is 10.9. The number of phenols is 2. The summed E-state index contributed by atoms with van der Waals surface area (Å²) in [6.45, 7) is 0. The summed E-state index contributed by atoms with van der Waals surface area (Å²) in [4.78, 5) is 0. The molecule has 2 aromatic carbocycles. The van der Waals surface area contributed by atoms with Gasteiger partial charge in [0.05, 0.1) is 0 Å². The minimum absolute atomic E-state index is 0. The molecule has 0 atom stereocenters. The third kappa shape index (κ3) is 2.63. The predicted molar refractivity (Wildman–Crippen MR) is 78.0 cm³/mol. The zero-order valence-corrected chi connectivity index (χ0v) is 10.9. The largest absolute Gasteiger partial charge is 0.508 e. The molecule has 1 heterocycles. The van der Waals surface area contributed by atoms with E-state index in [-0.39, 0.29) is 17.0 Å². The Kier molecular flexibility index (Phi) is 3.77. The molecule has 1 aromatic heterocycles. The lowest BCUT2D eigenvalue weighted by Crippen LogP contribution is -2.11. The predicted octanol–water partition coefficient (Wildman–Crippen LogP) is 0.912. The second kappa shape index (κ2) is 5.51. The second-order valence-corrected chi connectivity index (χ2v) is 4.31. The van der Waals surface area contributed by atoms with Gasteiger partial charge in [-0.25, -0.2) is 4.68 Å². The molecule has 0 aliphatic carbocycles. The Hall–Kier alpha value is -3.06. The fraction of sp³-hybridized carbons (Fsp3) is 0. The quantitative estimate of drug-likeness (QED) is 0.603. The van der Waals surface area contributed by atoms with E-state index in [2.05, 4.69) is 10.2 Å². The van der Waals surface area contributed by atoms with Gasteiger partial charge in [0.25, 0.3) is 0 Å². The van der Waals surface area contributed by atoms with E-state index in [1.165, 1.54) is 4.68 Å². The number of aromatic nitrogens is 3. The maximum atomic E-state index is 9.28. The van der Waals surface area contributed by atoms with Crippen LogP contribution in [0.4, 0.5) is 0 Å². The average molecular weight is 286 g/mol. The highest BCUT2D eigenvalue weighted by molar-refractivity contribution is 5.63. The lowest BCUT2D eigenvalue weighted by atomic mass is 10.2. The van der Waals surface area contributed by atoms with Gasteiger partial charge < -0.3 is 21.5 Å². The van der Waals surface area contributed by atoms with Crippen molar-refractivity contribution in [3.8, 4) is 34.3 Å². The van der Waals surface area contributed by atoms with Crippen molar-refractivity contribution in [1.29, 1.82) is 0 Å². The van der Waals surface area contributed by atoms with Gasteiger partial charge in [-0.15, -0.1) is 10.2 Å². The minimum atomic E-state index is 0. The number of nitrogen functional groups attached to an aromatic ring is 1. The molecule has 0 saturated heterocycles. The first-order valence-corrected chi connectivity index (χ1v) is 5.94. The van der Waals surface area contributed by atoms with E-state index in [0.717, 1.165) is 11.1 Å². The summed E-state index contributed by atoms with van der Waals surface area (Å²) in [7, 11) is 0. The van der Waals surface area contributed by atoms with Crippen molar-refractivity contribution in [2.24, 2.45) is 0 Å². The third-order valence-electron chi connectivity index (χ3n) is 2.95. The number of phenolic OH excluding ortho intramolecular Hbond substituents is 2. The summed E-state index contributed by atoms with van der Waals surface area (Å²) in [6.07, 6.45) is 0. The summed E-state index contributed by atoms with van der Waals surface area (Å²) in [5, 5.41) is 26.7. The molecule has 0 spiro atoms. The molecule has 0 aliphatic heterocycles. The van der Waals surface area contributed by atoms with Crippen molar-refractivity contribution < 1.29 is 15.7 Å². The topological polar surface area (TPSA) is 129 Å². The number of nitrogens with two attached hydrogens (primary N) is 1. The zero-order chi connectivity index (χ0) is 14.1. The average Bonchev–Trinajstić information content (AvgIpc) is 2.83. The summed E-state index contributed by atoms with van der Waals surface area (Å²) in [5.74, 6) is 7.35. The van der Waals surface area contributed by atoms with E-state index in [0.29, 0.717) is 11.6 Å². The lowest BCUT2D eigenvalue weighted by molar-refractivity contribution is 0.475. The first-order valence-electron chi connectivity index (χ1n) is 5.94. The molecule has 0 amide bonds. The van der Waals surface area contributed by atoms with E-state index >= 15 is 0 Å². The number of aromatic hydroxyl groups is 2. The number of hydrogen-bond donors (Lipinski definition) is 3. The van der Waals surface area contributed by atoms with Crippen molar-refractivity contribution in [3.63, 3.8) is 0 Å². The van der Waals surface area contributed by atoms with Crippen LogP contribution in [0.2, 0.25) is 0 Å². The molecule has 0 fully saturated rings. The highest BCUT2D eigenvalue weighted by atomic mass is 16.3. The second-order valence-electron chi connectivity index (χ2n) is 4.31. The molecule has 21 heavy (non-hydrogen) atoms. The Morgan fingerprint density at radius 1 is 0.714 bits per heavy atom. The van der Waals surface area contributed by atoms with Crippen LogP contribution in [-0.2, 0) is 0 Å². The number of nitrogens with zero attached hydrogens (tertiary/aromatic N) is 3. The number of benzene rings is 2. The van der Waals surface area contributed by atoms with Crippen molar-refractivity contribution in [3.05, 3.63) is 48.5 Å². The molecule has 7 heteroatoms. The van der Waals surface area contributed by atoms with Gasteiger partial charge in [0.1, 0.15) is 11.5 Å². The maximum absolute atomic E-state index is 9.28. The Bertz CT molecular complexity index is 673. The third-order valence-corrected chi connectivity index (χ3v) is 2.95. The van der Waals surface area contributed by atoms with Crippen LogP contribution in [-0.4, -0.2) is 30.6 Å². The Labute approximate surface area is 120 Å². The monoisotopic (exact) mass is 286 g/mol. The van der Waals surface area contributed by atoms with Crippen LogP contribution in [0.5, 0.6) is 11.5 Å². The summed E-state index contributed by atoms with van der Waals surface area (Å²) in [6, 6.07) is 13.1. The molecule has 3 rings (SSSR count). The van der Waals surface area contributed by atoms with E-state index in [1.54, 1.807) is 48.5 Å². The summed E-state index contributed by atoms with van der Waals surface area (Å²) < 4.78 is 1.37. The molecule has 0 radical (unpaired) electrons. The molecule has 0 saturated carbocycles. The van der Waals surface area contributed by atoms with Gasteiger partial charge in [-0.3, -0.25) is 0 Å². The fourth-order valence-electron chi connectivity index (χ4n) is 1.91. The van der Waals surface area contributed by atoms with Crippen molar-refractivity contribution >= 4 is 0 Å². The van der Waals surface area contributed by atoms with Crippen LogP contribution in [0.1, 0.15) is 0 Å². The summed E-state index contributed by atoms with van der Waals surface area (Å²) in [5.41, 5.74) is 1.51. The standard InChI is InChI=1S/C14H12N4O2.H2O/c15-18-13(9-1-5-11(19)6-2-9)16-17-14(18)10-3-7-12(20)8-4-10;/h1-8,19-20H,15H2;1H2. The fourth-order valence-corrected chi connectivity index (χ4v) is 1.91. The molecule has 7 nitrogen and oxygen atoms in total. The van der Waals surface area contributed by atoms with E-state index in [1.807, 2.05) is 0 Å². The van der Waals surface area contributed by atoms with E-state index in [9.17, 15) is 10.2 Å². The van der Waals surface area contributed by atoms with Gasteiger partial charge >= 0.3 is 0 Å².